The largest absolute Gasteiger partial charge is 0.493 e. The first-order valence-electron chi connectivity index (χ1n) is 9.50. The van der Waals surface area contributed by atoms with E-state index in [9.17, 15) is 4.79 Å². The lowest BCUT2D eigenvalue weighted by atomic mass is 10.1. The number of imidazole rings is 1. The van der Waals surface area contributed by atoms with E-state index in [2.05, 4.69) is 15.3 Å². The lowest BCUT2D eigenvalue weighted by Crippen LogP contribution is -2.26. The molecule has 154 valence electrons. The van der Waals surface area contributed by atoms with Crippen molar-refractivity contribution in [2.75, 3.05) is 20.8 Å². The van der Waals surface area contributed by atoms with Crippen molar-refractivity contribution < 1.29 is 18.7 Å². The quantitative estimate of drug-likeness (QED) is 0.484. The molecule has 8 nitrogen and oxygen atoms in total. The van der Waals surface area contributed by atoms with Gasteiger partial charge in [0.15, 0.2) is 23.0 Å². The molecular formula is C22H22N4O4. The van der Waals surface area contributed by atoms with Crippen molar-refractivity contribution >= 4 is 17.0 Å². The van der Waals surface area contributed by atoms with Crippen LogP contribution in [0.2, 0.25) is 0 Å². The second-order valence-corrected chi connectivity index (χ2v) is 6.71. The van der Waals surface area contributed by atoms with Gasteiger partial charge in [-0.3, -0.25) is 4.79 Å². The molecule has 4 rings (SSSR count). The SMILES string of the molecule is COc1ccc(Cc2nc3ccc(C(=O)NCCn4ccnc4)cc3o2)cc1OC. The van der Waals surface area contributed by atoms with Gasteiger partial charge in [-0.05, 0) is 35.9 Å². The minimum absolute atomic E-state index is 0.158. The number of hydrogen-bond acceptors (Lipinski definition) is 6. The van der Waals surface area contributed by atoms with Gasteiger partial charge >= 0.3 is 0 Å². The van der Waals surface area contributed by atoms with Crippen LogP contribution in [-0.4, -0.2) is 41.2 Å². The van der Waals surface area contributed by atoms with Crippen molar-refractivity contribution in [1.29, 1.82) is 0 Å². The van der Waals surface area contributed by atoms with Gasteiger partial charge in [0, 0.05) is 37.5 Å². The molecule has 0 unspecified atom stereocenters. The van der Waals surface area contributed by atoms with E-state index in [1.54, 1.807) is 44.9 Å². The molecule has 2 heterocycles. The molecule has 0 bridgehead atoms. The summed E-state index contributed by atoms with van der Waals surface area (Å²) in [6.45, 7) is 1.17. The number of benzene rings is 2. The van der Waals surface area contributed by atoms with Crippen LogP contribution in [-0.2, 0) is 13.0 Å². The first-order chi connectivity index (χ1) is 14.7. The van der Waals surface area contributed by atoms with E-state index in [0.29, 0.717) is 53.6 Å². The molecular weight excluding hydrogens is 384 g/mol. The Bertz CT molecular complexity index is 1150. The molecule has 0 saturated carbocycles. The summed E-state index contributed by atoms with van der Waals surface area (Å²) in [7, 11) is 3.20. The van der Waals surface area contributed by atoms with Crippen LogP contribution in [0.5, 0.6) is 11.5 Å². The maximum atomic E-state index is 12.4. The molecule has 1 amide bonds. The van der Waals surface area contributed by atoms with Gasteiger partial charge in [0.25, 0.3) is 5.91 Å². The molecule has 1 N–H and O–H groups in total. The molecule has 0 saturated heterocycles. The summed E-state index contributed by atoms with van der Waals surface area (Å²) < 4.78 is 18.4. The topological polar surface area (TPSA) is 91.4 Å². The Labute approximate surface area is 173 Å². The third kappa shape index (κ3) is 4.27. The highest BCUT2D eigenvalue weighted by Crippen LogP contribution is 2.29. The van der Waals surface area contributed by atoms with E-state index < -0.39 is 0 Å². The van der Waals surface area contributed by atoms with Crippen LogP contribution in [0.25, 0.3) is 11.1 Å². The first kappa shape index (κ1) is 19.5. The Morgan fingerprint density at radius 3 is 2.77 bits per heavy atom. The first-order valence-corrected chi connectivity index (χ1v) is 9.50. The number of fused-ring (bicyclic) bond motifs is 1. The maximum absolute atomic E-state index is 12.4. The summed E-state index contributed by atoms with van der Waals surface area (Å²) >= 11 is 0. The van der Waals surface area contributed by atoms with E-state index in [-0.39, 0.29) is 5.91 Å². The number of oxazole rings is 1. The van der Waals surface area contributed by atoms with Gasteiger partial charge in [-0.25, -0.2) is 9.97 Å². The highest BCUT2D eigenvalue weighted by Gasteiger charge is 2.12. The average molecular weight is 406 g/mol. The number of methoxy groups -OCH3 is 2. The van der Waals surface area contributed by atoms with E-state index in [1.165, 1.54) is 0 Å². The molecule has 8 heteroatoms. The van der Waals surface area contributed by atoms with E-state index in [0.717, 1.165) is 5.56 Å². The van der Waals surface area contributed by atoms with Crippen LogP contribution in [0.15, 0.2) is 59.5 Å². The number of hydrogen-bond donors (Lipinski definition) is 1. The predicted octanol–water partition coefficient (Wildman–Crippen LogP) is 3.06. The molecule has 30 heavy (non-hydrogen) atoms. The number of nitrogens with one attached hydrogen (secondary N) is 1. The van der Waals surface area contributed by atoms with Crippen LogP contribution in [0.3, 0.4) is 0 Å². The smallest absolute Gasteiger partial charge is 0.251 e. The van der Waals surface area contributed by atoms with Gasteiger partial charge in [-0.2, -0.15) is 0 Å². The third-order valence-corrected chi connectivity index (χ3v) is 4.71. The van der Waals surface area contributed by atoms with Crippen molar-refractivity contribution in [2.24, 2.45) is 0 Å². The molecule has 2 aromatic carbocycles. The zero-order valence-electron chi connectivity index (χ0n) is 16.8. The van der Waals surface area contributed by atoms with Crippen molar-refractivity contribution in [3.8, 4) is 11.5 Å². The molecule has 0 atom stereocenters. The van der Waals surface area contributed by atoms with Crippen molar-refractivity contribution in [1.82, 2.24) is 19.9 Å². The normalized spacial score (nSPS) is 10.9. The average Bonchev–Trinajstić information content (AvgIpc) is 3.42. The number of carbonyl (C=O) groups is 1. The van der Waals surface area contributed by atoms with Crippen LogP contribution >= 0.6 is 0 Å². The van der Waals surface area contributed by atoms with E-state index in [1.807, 2.05) is 29.0 Å². The molecule has 0 radical (unpaired) electrons. The lowest BCUT2D eigenvalue weighted by molar-refractivity contribution is 0.0952. The number of carbonyl (C=O) groups excluding carboxylic acids is 1. The standard InChI is InChI=1S/C22H22N4O4/c1-28-18-6-3-15(11-20(18)29-2)12-21-25-17-5-4-16(13-19(17)30-21)22(27)24-8-10-26-9-7-23-14-26/h3-7,9,11,13-14H,8,10,12H2,1-2H3,(H,24,27). The number of aromatic nitrogens is 3. The third-order valence-electron chi connectivity index (χ3n) is 4.71. The number of ether oxygens (including phenoxy) is 2. The van der Waals surface area contributed by atoms with Crippen molar-refractivity contribution in [3.63, 3.8) is 0 Å². The number of nitrogens with zero attached hydrogens (tertiary/aromatic N) is 3. The van der Waals surface area contributed by atoms with Crippen LogP contribution in [0.1, 0.15) is 21.8 Å². The van der Waals surface area contributed by atoms with Gasteiger partial charge in [-0.15, -0.1) is 0 Å². The van der Waals surface area contributed by atoms with Gasteiger partial charge in [0.1, 0.15) is 5.52 Å². The molecule has 0 fully saturated rings. The molecule has 2 aromatic heterocycles. The molecule has 0 aliphatic rings. The summed E-state index contributed by atoms with van der Waals surface area (Å²) in [5.41, 5.74) is 2.80. The van der Waals surface area contributed by atoms with Crippen LogP contribution in [0.4, 0.5) is 0 Å². The second kappa shape index (κ2) is 8.69. The Balaban J connectivity index is 1.45. The van der Waals surface area contributed by atoms with Crippen molar-refractivity contribution in [2.45, 2.75) is 13.0 Å². The van der Waals surface area contributed by atoms with Crippen molar-refractivity contribution in [3.05, 3.63) is 72.1 Å². The zero-order valence-corrected chi connectivity index (χ0v) is 16.8. The van der Waals surface area contributed by atoms with Gasteiger partial charge in [-0.1, -0.05) is 6.07 Å². The highest BCUT2D eigenvalue weighted by atomic mass is 16.5. The Hall–Kier alpha value is -3.81. The predicted molar refractivity (Wildman–Crippen MR) is 111 cm³/mol. The summed E-state index contributed by atoms with van der Waals surface area (Å²) in [4.78, 5) is 20.9. The Morgan fingerprint density at radius 2 is 2.00 bits per heavy atom. The van der Waals surface area contributed by atoms with Gasteiger partial charge in [0.05, 0.1) is 20.5 Å². The Morgan fingerprint density at radius 1 is 1.13 bits per heavy atom. The fourth-order valence-electron chi connectivity index (χ4n) is 3.17. The Kier molecular flexibility index (Phi) is 5.65. The number of rotatable bonds is 8. The summed E-state index contributed by atoms with van der Waals surface area (Å²) in [5, 5.41) is 2.90. The lowest BCUT2D eigenvalue weighted by Gasteiger charge is -2.08. The van der Waals surface area contributed by atoms with Crippen LogP contribution in [0, 0.1) is 0 Å². The summed E-state index contributed by atoms with van der Waals surface area (Å²) in [6.07, 6.45) is 5.78. The van der Waals surface area contributed by atoms with E-state index in [4.69, 9.17) is 13.9 Å². The maximum Gasteiger partial charge on any atom is 0.251 e. The van der Waals surface area contributed by atoms with E-state index >= 15 is 0 Å². The number of amides is 1. The molecule has 0 aliphatic heterocycles. The second-order valence-electron chi connectivity index (χ2n) is 6.71. The molecule has 0 spiro atoms. The minimum Gasteiger partial charge on any atom is -0.493 e. The minimum atomic E-state index is -0.158. The fraction of sp³-hybridized carbons (Fsp3) is 0.227. The van der Waals surface area contributed by atoms with Gasteiger partial charge < -0.3 is 23.8 Å². The zero-order chi connectivity index (χ0) is 20.9. The summed E-state index contributed by atoms with van der Waals surface area (Å²) in [5.74, 6) is 1.73. The van der Waals surface area contributed by atoms with Gasteiger partial charge in [0.2, 0.25) is 0 Å². The monoisotopic (exact) mass is 406 g/mol. The highest BCUT2D eigenvalue weighted by molar-refractivity contribution is 5.97. The molecule has 4 aromatic rings. The summed E-state index contributed by atoms with van der Waals surface area (Å²) in [6, 6.07) is 10.9. The molecule has 0 aliphatic carbocycles. The van der Waals surface area contributed by atoms with Crippen LogP contribution < -0.4 is 14.8 Å². The fourth-order valence-corrected chi connectivity index (χ4v) is 3.17.